The van der Waals surface area contributed by atoms with E-state index in [1.165, 1.54) is 31.4 Å². The molecule has 1 aromatic carbocycles. The lowest BCUT2D eigenvalue weighted by Crippen LogP contribution is -1.98. The highest BCUT2D eigenvalue weighted by Crippen LogP contribution is 2.20. The molecule has 0 spiro atoms. The molecule has 0 aliphatic rings. The lowest BCUT2D eigenvalue weighted by Gasteiger charge is -2.00. The number of hydrogen-bond acceptors (Lipinski definition) is 2. The van der Waals surface area contributed by atoms with E-state index in [0.717, 1.165) is 0 Å². The van der Waals surface area contributed by atoms with Crippen LogP contribution in [-0.2, 0) is 9.53 Å². The highest BCUT2D eigenvalue weighted by atomic mass is 79.9. The van der Waals surface area contributed by atoms with E-state index in [1.807, 2.05) is 0 Å². The number of carbonyl (C=O) groups excluding carboxylic acids is 1. The van der Waals surface area contributed by atoms with Crippen molar-refractivity contribution in [3.8, 4) is 0 Å². The monoisotopic (exact) mass is 304 g/mol. The van der Waals surface area contributed by atoms with E-state index in [0.29, 0.717) is 10.9 Å². The topological polar surface area (TPSA) is 26.3 Å². The molecule has 0 saturated heterocycles. The highest BCUT2D eigenvalue weighted by Gasteiger charge is 2.07. The largest absolute Gasteiger partial charge is 0.469 e. The maximum absolute atomic E-state index is 13.4. The molecule has 0 radical (unpaired) electrons. The van der Waals surface area contributed by atoms with E-state index in [-0.39, 0.29) is 18.0 Å². The molecule has 0 fully saturated rings. The average Bonchev–Trinajstić information content (AvgIpc) is 2.26. The third-order valence-corrected chi connectivity index (χ3v) is 2.53. The van der Waals surface area contributed by atoms with Crippen LogP contribution in [-0.4, -0.2) is 13.1 Å². The van der Waals surface area contributed by atoms with Gasteiger partial charge in [-0.15, -0.1) is 0 Å². The molecule has 2 nitrogen and oxygen atoms in total. The summed E-state index contributed by atoms with van der Waals surface area (Å²) in [5, 5.41) is 0. The minimum atomic E-state index is -0.647. The van der Waals surface area contributed by atoms with Crippen LogP contribution in [0.2, 0.25) is 0 Å². The second-order valence-electron chi connectivity index (χ2n) is 3.30. The van der Waals surface area contributed by atoms with Gasteiger partial charge >= 0.3 is 5.97 Å². The van der Waals surface area contributed by atoms with E-state index in [1.54, 1.807) is 0 Å². The molecule has 17 heavy (non-hydrogen) atoms. The first-order valence-electron chi connectivity index (χ1n) is 4.92. The van der Waals surface area contributed by atoms with Crippen molar-refractivity contribution in [3.63, 3.8) is 0 Å². The molecule has 0 N–H and O–H groups in total. The second-order valence-corrected chi connectivity index (χ2v) is 4.22. The van der Waals surface area contributed by atoms with E-state index in [2.05, 4.69) is 20.7 Å². The van der Waals surface area contributed by atoms with Gasteiger partial charge in [0.25, 0.3) is 0 Å². The van der Waals surface area contributed by atoms with Crippen molar-refractivity contribution in [1.82, 2.24) is 0 Å². The Balaban J connectivity index is 2.68. The van der Waals surface area contributed by atoms with Gasteiger partial charge in [-0.05, 0) is 18.6 Å². The summed E-state index contributed by atoms with van der Waals surface area (Å²) >= 11 is 2.99. The van der Waals surface area contributed by atoms with Crippen LogP contribution in [0.25, 0.3) is 6.08 Å². The van der Waals surface area contributed by atoms with Gasteiger partial charge in [0, 0.05) is 16.5 Å². The number of benzene rings is 1. The third-order valence-electron chi connectivity index (χ3n) is 2.07. The predicted octanol–water partition coefficient (Wildman–Crippen LogP) is 3.69. The van der Waals surface area contributed by atoms with E-state index >= 15 is 0 Å². The van der Waals surface area contributed by atoms with Gasteiger partial charge in [-0.25, -0.2) is 8.78 Å². The van der Waals surface area contributed by atoms with Gasteiger partial charge in [0.1, 0.15) is 11.6 Å². The maximum Gasteiger partial charge on any atom is 0.305 e. The third kappa shape index (κ3) is 4.26. The van der Waals surface area contributed by atoms with Crippen molar-refractivity contribution in [3.05, 3.63) is 39.9 Å². The lowest BCUT2D eigenvalue weighted by molar-refractivity contribution is -0.140. The SMILES string of the molecule is COC(=O)CC/C=C/c1c(F)cc(Br)cc1F. The Labute approximate surface area is 106 Å². The first kappa shape index (κ1) is 13.8. The summed E-state index contributed by atoms with van der Waals surface area (Å²) in [6, 6.07) is 2.37. The summed E-state index contributed by atoms with van der Waals surface area (Å²) in [6.45, 7) is 0. The van der Waals surface area contributed by atoms with Gasteiger partial charge in [0.2, 0.25) is 0 Å². The van der Waals surface area contributed by atoms with Gasteiger partial charge in [0.05, 0.1) is 7.11 Å². The molecule has 1 aromatic rings. The van der Waals surface area contributed by atoms with Crippen molar-refractivity contribution >= 4 is 28.0 Å². The first-order chi connectivity index (χ1) is 8.04. The minimum Gasteiger partial charge on any atom is -0.469 e. The quantitative estimate of drug-likeness (QED) is 0.793. The molecule has 0 aliphatic heterocycles. The number of esters is 1. The summed E-state index contributed by atoms with van der Waals surface area (Å²) in [7, 11) is 1.29. The van der Waals surface area contributed by atoms with Crippen LogP contribution in [0.3, 0.4) is 0 Å². The Morgan fingerprint density at radius 3 is 2.53 bits per heavy atom. The van der Waals surface area contributed by atoms with Crippen LogP contribution in [0.5, 0.6) is 0 Å². The Hall–Kier alpha value is -1.23. The number of halogens is 3. The van der Waals surface area contributed by atoms with E-state index in [9.17, 15) is 13.6 Å². The number of carbonyl (C=O) groups is 1. The normalized spacial score (nSPS) is 10.8. The van der Waals surface area contributed by atoms with Gasteiger partial charge < -0.3 is 4.74 Å². The van der Waals surface area contributed by atoms with Crippen molar-refractivity contribution in [2.24, 2.45) is 0 Å². The fraction of sp³-hybridized carbons (Fsp3) is 0.250. The van der Waals surface area contributed by atoms with Crippen molar-refractivity contribution in [2.75, 3.05) is 7.11 Å². The Morgan fingerprint density at radius 2 is 2.00 bits per heavy atom. The van der Waals surface area contributed by atoms with Gasteiger partial charge in [-0.3, -0.25) is 4.79 Å². The molecule has 0 amide bonds. The van der Waals surface area contributed by atoms with E-state index < -0.39 is 11.6 Å². The molecule has 0 aliphatic carbocycles. The first-order valence-corrected chi connectivity index (χ1v) is 5.71. The molecule has 0 atom stereocenters. The zero-order valence-electron chi connectivity index (χ0n) is 9.17. The fourth-order valence-corrected chi connectivity index (χ4v) is 1.62. The highest BCUT2D eigenvalue weighted by molar-refractivity contribution is 9.10. The van der Waals surface area contributed by atoms with Crippen LogP contribution in [0, 0.1) is 11.6 Å². The minimum absolute atomic E-state index is 0.113. The summed E-state index contributed by atoms with van der Waals surface area (Å²) in [5.41, 5.74) is -0.113. The second kappa shape index (κ2) is 6.49. The van der Waals surface area contributed by atoms with Gasteiger partial charge in [-0.2, -0.15) is 0 Å². The number of methoxy groups -OCH3 is 1. The molecule has 0 bridgehead atoms. The van der Waals surface area contributed by atoms with Crippen molar-refractivity contribution < 1.29 is 18.3 Å². The molecule has 1 rings (SSSR count). The summed E-state index contributed by atoms with van der Waals surface area (Å²) < 4.78 is 31.5. The molecular formula is C12H11BrF2O2. The van der Waals surface area contributed by atoms with Crippen LogP contribution in [0.1, 0.15) is 18.4 Å². The standard InChI is InChI=1S/C12H11BrF2O2/c1-17-12(16)5-3-2-4-9-10(14)6-8(13)7-11(9)15/h2,4,6-7H,3,5H2,1H3/b4-2+. The molecule has 92 valence electrons. The summed E-state index contributed by atoms with van der Waals surface area (Å²) in [5.74, 6) is -1.65. The Bertz CT molecular complexity index is 421. The zero-order valence-corrected chi connectivity index (χ0v) is 10.8. The smallest absolute Gasteiger partial charge is 0.305 e. The molecule has 0 heterocycles. The molecule has 0 aromatic heterocycles. The number of allylic oxidation sites excluding steroid dienone is 1. The molecular weight excluding hydrogens is 294 g/mol. The van der Waals surface area contributed by atoms with Crippen molar-refractivity contribution in [2.45, 2.75) is 12.8 Å². The summed E-state index contributed by atoms with van der Waals surface area (Å²) in [6.07, 6.45) is 3.42. The maximum atomic E-state index is 13.4. The molecule has 5 heteroatoms. The fourth-order valence-electron chi connectivity index (χ4n) is 1.22. The van der Waals surface area contributed by atoms with Gasteiger partial charge in [-0.1, -0.05) is 28.1 Å². The molecule has 0 unspecified atom stereocenters. The number of hydrogen-bond donors (Lipinski definition) is 0. The Kier molecular flexibility index (Phi) is 5.28. The number of ether oxygens (including phenoxy) is 1. The van der Waals surface area contributed by atoms with Gasteiger partial charge in [0.15, 0.2) is 0 Å². The molecule has 0 saturated carbocycles. The van der Waals surface area contributed by atoms with Crippen LogP contribution >= 0.6 is 15.9 Å². The predicted molar refractivity (Wildman–Crippen MR) is 64.3 cm³/mol. The van der Waals surface area contributed by atoms with E-state index in [4.69, 9.17) is 0 Å². The van der Waals surface area contributed by atoms with Crippen LogP contribution < -0.4 is 0 Å². The van der Waals surface area contributed by atoms with Crippen molar-refractivity contribution in [1.29, 1.82) is 0 Å². The Morgan fingerprint density at radius 1 is 1.41 bits per heavy atom. The lowest BCUT2D eigenvalue weighted by atomic mass is 10.1. The summed E-state index contributed by atoms with van der Waals surface area (Å²) in [4.78, 5) is 10.8. The average molecular weight is 305 g/mol. The number of rotatable bonds is 4. The zero-order chi connectivity index (χ0) is 12.8. The van der Waals surface area contributed by atoms with Crippen LogP contribution in [0.15, 0.2) is 22.7 Å². The van der Waals surface area contributed by atoms with Crippen LogP contribution in [0.4, 0.5) is 8.78 Å².